The van der Waals surface area contributed by atoms with E-state index in [9.17, 15) is 9.59 Å². The van der Waals surface area contributed by atoms with E-state index in [4.69, 9.17) is 9.73 Å². The number of amidine groups is 1. The average molecular weight is 396 g/mol. The summed E-state index contributed by atoms with van der Waals surface area (Å²) in [6, 6.07) is 13.8. The number of hydrogen-bond donors (Lipinski definition) is 2. The number of benzene rings is 2. The zero-order valence-corrected chi connectivity index (χ0v) is 16.2. The molecule has 0 saturated carbocycles. The number of nitrogens with zero attached hydrogens (tertiary/aromatic N) is 2. The zero-order valence-electron chi connectivity index (χ0n) is 15.3. The van der Waals surface area contributed by atoms with Crippen molar-refractivity contribution in [2.75, 3.05) is 31.3 Å². The first-order valence-electron chi connectivity index (χ1n) is 8.95. The molecular weight excluding hydrogens is 376 g/mol. The van der Waals surface area contributed by atoms with Gasteiger partial charge in [0, 0.05) is 24.5 Å². The Morgan fingerprint density at radius 2 is 2.07 bits per heavy atom. The van der Waals surface area contributed by atoms with Crippen LogP contribution in [0, 0.1) is 0 Å². The summed E-state index contributed by atoms with van der Waals surface area (Å²) in [5.41, 5.74) is 1.95. The van der Waals surface area contributed by atoms with E-state index in [1.54, 1.807) is 42.1 Å². The van der Waals surface area contributed by atoms with Gasteiger partial charge in [0.15, 0.2) is 5.17 Å². The summed E-state index contributed by atoms with van der Waals surface area (Å²) in [6.07, 6.45) is 0. The van der Waals surface area contributed by atoms with Gasteiger partial charge in [-0.2, -0.15) is 0 Å². The van der Waals surface area contributed by atoms with Crippen molar-refractivity contribution in [3.8, 4) is 5.75 Å². The number of methoxy groups -OCH3 is 1. The van der Waals surface area contributed by atoms with Gasteiger partial charge in [-0.3, -0.25) is 15.1 Å². The van der Waals surface area contributed by atoms with Crippen LogP contribution in [0.4, 0.5) is 10.5 Å². The van der Waals surface area contributed by atoms with Gasteiger partial charge >= 0.3 is 6.03 Å². The fourth-order valence-corrected chi connectivity index (χ4v) is 4.32. The highest BCUT2D eigenvalue weighted by molar-refractivity contribution is 8.14. The summed E-state index contributed by atoms with van der Waals surface area (Å²) in [4.78, 5) is 31.6. The van der Waals surface area contributed by atoms with E-state index in [1.165, 1.54) is 7.11 Å². The highest BCUT2D eigenvalue weighted by Crippen LogP contribution is 2.33. The molecule has 2 aromatic carbocycles. The van der Waals surface area contributed by atoms with Crippen molar-refractivity contribution < 1.29 is 14.3 Å². The number of rotatable bonds is 4. The smallest absolute Gasteiger partial charge is 0.326 e. The number of carbonyl (C=O) groups excluding carboxylic acids is 2. The molecule has 2 N–H and O–H groups in total. The molecule has 1 unspecified atom stereocenters. The van der Waals surface area contributed by atoms with Crippen molar-refractivity contribution in [3.63, 3.8) is 0 Å². The molecule has 0 bridgehead atoms. The first-order valence-corrected chi connectivity index (χ1v) is 9.93. The van der Waals surface area contributed by atoms with Crippen molar-refractivity contribution in [2.24, 2.45) is 4.99 Å². The standard InChI is InChI=1S/C20H20N4O3S/c1-27-17-8-3-2-7-15(17)18(25)23-19(26)21-14-6-4-5-13(11-14)16-12-24-9-10-28-20(24)22-16/h2-8,11,16H,9-10,12H2,1H3,(H2,21,23,25,26). The van der Waals surface area contributed by atoms with Crippen LogP contribution < -0.4 is 15.4 Å². The second kappa shape index (κ2) is 7.93. The van der Waals surface area contributed by atoms with Gasteiger partial charge in [-0.25, -0.2) is 4.79 Å². The lowest BCUT2D eigenvalue weighted by Crippen LogP contribution is -2.34. The zero-order chi connectivity index (χ0) is 19.5. The number of thioether (sulfide) groups is 1. The second-order valence-corrected chi connectivity index (χ2v) is 7.52. The van der Waals surface area contributed by atoms with Crippen molar-refractivity contribution >= 4 is 34.6 Å². The number of para-hydroxylation sites is 1. The van der Waals surface area contributed by atoms with Gasteiger partial charge in [-0.15, -0.1) is 0 Å². The molecule has 1 atom stereocenters. The third-order valence-electron chi connectivity index (χ3n) is 4.63. The molecule has 1 saturated heterocycles. The summed E-state index contributed by atoms with van der Waals surface area (Å²) in [7, 11) is 1.48. The van der Waals surface area contributed by atoms with Gasteiger partial charge < -0.3 is 15.0 Å². The lowest BCUT2D eigenvalue weighted by molar-refractivity contribution is 0.0964. The molecule has 0 aromatic heterocycles. The Labute approximate surface area is 167 Å². The largest absolute Gasteiger partial charge is 0.496 e. The third kappa shape index (κ3) is 3.82. The topological polar surface area (TPSA) is 83.0 Å². The molecule has 2 aliphatic heterocycles. The van der Waals surface area contributed by atoms with E-state index in [1.807, 2.05) is 18.2 Å². The first kappa shape index (κ1) is 18.4. The molecule has 7 nitrogen and oxygen atoms in total. The molecule has 3 amide bonds. The van der Waals surface area contributed by atoms with E-state index in [0.717, 1.165) is 29.6 Å². The second-order valence-electron chi connectivity index (χ2n) is 6.46. The fraction of sp³-hybridized carbons (Fsp3) is 0.250. The molecule has 4 rings (SSSR count). The molecule has 0 aliphatic carbocycles. The Morgan fingerprint density at radius 3 is 2.89 bits per heavy atom. The molecule has 0 radical (unpaired) electrons. The molecule has 0 spiro atoms. The number of hydrogen-bond acceptors (Lipinski definition) is 6. The van der Waals surface area contributed by atoms with Gasteiger partial charge in [0.25, 0.3) is 5.91 Å². The van der Waals surface area contributed by atoms with E-state index in [0.29, 0.717) is 17.0 Å². The van der Waals surface area contributed by atoms with Gasteiger partial charge in [0.2, 0.25) is 0 Å². The van der Waals surface area contributed by atoms with Crippen molar-refractivity contribution in [1.29, 1.82) is 0 Å². The molecule has 28 heavy (non-hydrogen) atoms. The van der Waals surface area contributed by atoms with E-state index in [2.05, 4.69) is 15.5 Å². The molecule has 8 heteroatoms. The number of urea groups is 1. The fourth-order valence-electron chi connectivity index (χ4n) is 3.27. The third-order valence-corrected chi connectivity index (χ3v) is 5.64. The van der Waals surface area contributed by atoms with Crippen LogP contribution in [0.15, 0.2) is 53.5 Å². The highest BCUT2D eigenvalue weighted by Gasteiger charge is 2.30. The summed E-state index contributed by atoms with van der Waals surface area (Å²) in [5, 5.41) is 6.15. The van der Waals surface area contributed by atoms with Crippen LogP contribution in [0.2, 0.25) is 0 Å². The maximum absolute atomic E-state index is 12.3. The minimum absolute atomic E-state index is 0.0721. The molecular formula is C20H20N4O3S. The van der Waals surface area contributed by atoms with Gasteiger partial charge in [0.1, 0.15) is 5.75 Å². The number of ether oxygens (including phenoxy) is 1. The maximum atomic E-state index is 12.3. The number of nitrogens with one attached hydrogen (secondary N) is 2. The van der Waals surface area contributed by atoms with E-state index in [-0.39, 0.29) is 6.04 Å². The number of amides is 3. The first-order chi connectivity index (χ1) is 13.6. The summed E-state index contributed by atoms with van der Waals surface area (Å²) in [6.45, 7) is 1.90. The lowest BCUT2D eigenvalue weighted by atomic mass is 10.1. The predicted octanol–water partition coefficient (Wildman–Crippen LogP) is 3.12. The van der Waals surface area contributed by atoms with Crippen molar-refractivity contribution in [3.05, 3.63) is 59.7 Å². The monoisotopic (exact) mass is 396 g/mol. The molecule has 144 valence electrons. The van der Waals surface area contributed by atoms with Crippen molar-refractivity contribution in [2.45, 2.75) is 6.04 Å². The molecule has 2 aromatic rings. The Bertz CT molecular complexity index is 947. The normalized spacial score (nSPS) is 17.7. The Morgan fingerprint density at radius 1 is 1.21 bits per heavy atom. The number of imide groups is 1. The minimum Gasteiger partial charge on any atom is -0.496 e. The number of aliphatic imine (C=N–C) groups is 1. The quantitative estimate of drug-likeness (QED) is 0.830. The van der Waals surface area contributed by atoms with Gasteiger partial charge in [-0.05, 0) is 29.8 Å². The summed E-state index contributed by atoms with van der Waals surface area (Å²) >= 11 is 1.78. The van der Waals surface area contributed by atoms with Crippen LogP contribution in [-0.2, 0) is 0 Å². The number of fused-ring (bicyclic) bond motifs is 1. The van der Waals surface area contributed by atoms with Crippen LogP contribution in [0.3, 0.4) is 0 Å². The van der Waals surface area contributed by atoms with Crippen molar-refractivity contribution in [1.82, 2.24) is 10.2 Å². The predicted molar refractivity (Wildman–Crippen MR) is 110 cm³/mol. The molecule has 2 heterocycles. The van der Waals surface area contributed by atoms with Crippen LogP contribution in [-0.4, -0.2) is 48.0 Å². The van der Waals surface area contributed by atoms with E-state index < -0.39 is 11.9 Å². The number of carbonyl (C=O) groups is 2. The Hall–Kier alpha value is -3.00. The van der Waals surface area contributed by atoms with E-state index >= 15 is 0 Å². The van der Waals surface area contributed by atoms with Crippen LogP contribution in [0.1, 0.15) is 22.0 Å². The lowest BCUT2D eigenvalue weighted by Gasteiger charge is -2.14. The average Bonchev–Trinajstić information content (AvgIpc) is 3.30. The Balaban J connectivity index is 1.41. The minimum atomic E-state index is -0.595. The SMILES string of the molecule is COc1ccccc1C(=O)NC(=O)Nc1cccc(C2CN3CCSC3=N2)c1. The van der Waals surface area contributed by atoms with Gasteiger partial charge in [-0.1, -0.05) is 36.0 Å². The Kier molecular flexibility index (Phi) is 5.21. The molecule has 2 aliphatic rings. The van der Waals surface area contributed by atoms with Crippen LogP contribution >= 0.6 is 11.8 Å². The van der Waals surface area contributed by atoms with Crippen LogP contribution in [0.25, 0.3) is 0 Å². The summed E-state index contributed by atoms with van der Waals surface area (Å²) in [5.74, 6) is 0.979. The van der Waals surface area contributed by atoms with Crippen LogP contribution in [0.5, 0.6) is 5.75 Å². The maximum Gasteiger partial charge on any atom is 0.326 e. The number of anilines is 1. The highest BCUT2D eigenvalue weighted by atomic mass is 32.2. The summed E-state index contributed by atoms with van der Waals surface area (Å²) < 4.78 is 5.16. The van der Waals surface area contributed by atoms with Gasteiger partial charge in [0.05, 0.1) is 18.7 Å². The molecule has 1 fully saturated rings.